The molecule has 1 aromatic heterocycles. The van der Waals surface area contributed by atoms with Crippen molar-refractivity contribution in [3.63, 3.8) is 0 Å². The predicted octanol–water partition coefficient (Wildman–Crippen LogP) is 1.27. The first-order valence-corrected chi connectivity index (χ1v) is 5.02. The Kier molecular flexibility index (Phi) is 3.24. The van der Waals surface area contributed by atoms with E-state index in [1.165, 1.54) is 0 Å². The second-order valence-electron chi connectivity index (χ2n) is 3.60. The number of nitrogens with one attached hydrogen (secondary N) is 1. The molecule has 0 aliphatic heterocycles. The summed E-state index contributed by atoms with van der Waals surface area (Å²) in [6, 6.07) is 5.12. The molecule has 0 saturated heterocycles. The Hall–Kier alpha value is -2.08. The lowest BCUT2D eigenvalue weighted by atomic mass is 10.0. The van der Waals surface area contributed by atoms with E-state index in [1.807, 2.05) is 0 Å². The molecule has 0 spiro atoms. The van der Waals surface area contributed by atoms with E-state index in [2.05, 4.69) is 20.0 Å². The molecule has 0 aliphatic rings. The van der Waals surface area contributed by atoms with Crippen molar-refractivity contribution in [2.24, 2.45) is 5.11 Å². The highest BCUT2D eigenvalue weighted by Crippen LogP contribution is 2.20. The van der Waals surface area contributed by atoms with Gasteiger partial charge in [-0.25, -0.2) is 4.98 Å². The van der Waals surface area contributed by atoms with Gasteiger partial charge in [0.05, 0.1) is 30.0 Å². The van der Waals surface area contributed by atoms with E-state index < -0.39 is 12.2 Å². The highest BCUT2D eigenvalue weighted by atomic mass is 16.3. The van der Waals surface area contributed by atoms with Crippen LogP contribution in [-0.4, -0.2) is 32.8 Å². The van der Waals surface area contributed by atoms with Crippen molar-refractivity contribution < 1.29 is 10.2 Å². The number of aliphatic hydroxyl groups is 2. The third-order valence-corrected chi connectivity index (χ3v) is 2.48. The third kappa shape index (κ3) is 2.36. The molecule has 3 N–H and O–H groups in total. The molecule has 0 amide bonds. The Morgan fingerprint density at radius 3 is 3.06 bits per heavy atom. The van der Waals surface area contributed by atoms with E-state index in [4.69, 9.17) is 5.53 Å². The maximum Gasteiger partial charge on any atom is 0.105 e. The number of H-pyrrole nitrogens is 1. The van der Waals surface area contributed by atoms with Crippen LogP contribution < -0.4 is 0 Å². The molecule has 2 unspecified atom stereocenters. The largest absolute Gasteiger partial charge is 0.390 e. The van der Waals surface area contributed by atoms with E-state index in [-0.39, 0.29) is 6.54 Å². The summed E-state index contributed by atoms with van der Waals surface area (Å²) in [5, 5.41) is 22.7. The van der Waals surface area contributed by atoms with E-state index in [1.54, 1.807) is 24.5 Å². The number of azide groups is 1. The van der Waals surface area contributed by atoms with Crippen LogP contribution >= 0.6 is 0 Å². The minimum Gasteiger partial charge on any atom is -0.390 e. The number of hydrogen-bond acceptors (Lipinski definition) is 4. The van der Waals surface area contributed by atoms with Crippen molar-refractivity contribution in [2.45, 2.75) is 12.2 Å². The van der Waals surface area contributed by atoms with Gasteiger partial charge in [-0.05, 0) is 23.2 Å². The molecule has 0 bridgehead atoms. The monoisotopic (exact) mass is 233 g/mol. The Labute approximate surface area is 96.4 Å². The van der Waals surface area contributed by atoms with Crippen LogP contribution in [-0.2, 0) is 0 Å². The average molecular weight is 233 g/mol. The molecule has 0 aliphatic carbocycles. The van der Waals surface area contributed by atoms with Gasteiger partial charge in [0.25, 0.3) is 0 Å². The zero-order valence-electron chi connectivity index (χ0n) is 8.85. The summed E-state index contributed by atoms with van der Waals surface area (Å²) in [4.78, 5) is 9.49. The zero-order valence-corrected chi connectivity index (χ0v) is 8.85. The molecule has 1 heterocycles. The Morgan fingerprint density at radius 2 is 2.29 bits per heavy atom. The lowest BCUT2D eigenvalue weighted by molar-refractivity contribution is 0.0245. The second-order valence-corrected chi connectivity index (χ2v) is 3.60. The summed E-state index contributed by atoms with van der Waals surface area (Å²) < 4.78 is 0. The van der Waals surface area contributed by atoms with Crippen LogP contribution in [0.1, 0.15) is 11.7 Å². The SMILES string of the molecule is [N-]=[N+]=NCC(O)C(O)c1ccc2nc[nH]c2c1. The van der Waals surface area contributed by atoms with Crippen LogP contribution in [0.3, 0.4) is 0 Å². The Morgan fingerprint density at radius 1 is 1.47 bits per heavy atom. The van der Waals surface area contributed by atoms with Gasteiger partial charge in [0.15, 0.2) is 0 Å². The molecule has 7 heteroatoms. The molecule has 2 atom stereocenters. The summed E-state index contributed by atoms with van der Waals surface area (Å²) in [7, 11) is 0. The third-order valence-electron chi connectivity index (χ3n) is 2.48. The first-order valence-electron chi connectivity index (χ1n) is 5.02. The number of aromatic amines is 1. The van der Waals surface area contributed by atoms with Gasteiger partial charge in [-0.15, -0.1) is 0 Å². The smallest absolute Gasteiger partial charge is 0.105 e. The quantitative estimate of drug-likeness (QED) is 0.419. The Balaban J connectivity index is 2.22. The number of aromatic nitrogens is 2. The van der Waals surface area contributed by atoms with Gasteiger partial charge in [0.1, 0.15) is 6.10 Å². The first kappa shape index (κ1) is 11.4. The highest BCUT2D eigenvalue weighted by molar-refractivity contribution is 5.75. The number of nitrogens with zero attached hydrogens (tertiary/aromatic N) is 4. The highest BCUT2D eigenvalue weighted by Gasteiger charge is 2.17. The van der Waals surface area contributed by atoms with E-state index in [0.717, 1.165) is 11.0 Å². The average Bonchev–Trinajstić information content (AvgIpc) is 2.81. The van der Waals surface area contributed by atoms with E-state index >= 15 is 0 Å². The van der Waals surface area contributed by atoms with Crippen molar-refractivity contribution in [2.75, 3.05) is 6.54 Å². The number of imidazole rings is 1. The van der Waals surface area contributed by atoms with Gasteiger partial charge in [-0.3, -0.25) is 0 Å². The number of aliphatic hydroxyl groups excluding tert-OH is 2. The first-order chi connectivity index (χ1) is 8.22. The maximum atomic E-state index is 9.85. The van der Waals surface area contributed by atoms with Crippen LogP contribution in [0.2, 0.25) is 0 Å². The summed E-state index contributed by atoms with van der Waals surface area (Å²) >= 11 is 0. The van der Waals surface area contributed by atoms with Crippen molar-refractivity contribution >= 4 is 11.0 Å². The van der Waals surface area contributed by atoms with Crippen molar-refractivity contribution in [3.8, 4) is 0 Å². The number of rotatable bonds is 4. The maximum absolute atomic E-state index is 9.85. The van der Waals surface area contributed by atoms with Gasteiger partial charge in [0.2, 0.25) is 0 Å². The van der Waals surface area contributed by atoms with Crippen molar-refractivity contribution in [3.05, 3.63) is 40.5 Å². The molecule has 0 radical (unpaired) electrons. The van der Waals surface area contributed by atoms with Crippen LogP contribution in [0, 0.1) is 0 Å². The number of fused-ring (bicyclic) bond motifs is 1. The van der Waals surface area contributed by atoms with Gasteiger partial charge < -0.3 is 15.2 Å². The fraction of sp³-hybridized carbons (Fsp3) is 0.300. The van der Waals surface area contributed by atoms with Gasteiger partial charge in [-0.2, -0.15) is 0 Å². The van der Waals surface area contributed by atoms with E-state index in [9.17, 15) is 10.2 Å². The fourth-order valence-electron chi connectivity index (χ4n) is 1.58. The molecule has 2 rings (SSSR count). The van der Waals surface area contributed by atoms with Crippen molar-refractivity contribution in [1.82, 2.24) is 9.97 Å². The van der Waals surface area contributed by atoms with Crippen LogP contribution in [0.25, 0.3) is 21.5 Å². The standard InChI is InChI=1S/C10H11N5O2/c11-15-14-4-9(16)10(17)6-1-2-7-8(3-6)13-5-12-7/h1-3,5,9-10,16-17H,4H2,(H,12,13). The normalized spacial score (nSPS) is 14.2. The fourth-order valence-corrected chi connectivity index (χ4v) is 1.58. The lowest BCUT2D eigenvalue weighted by Crippen LogP contribution is -2.21. The summed E-state index contributed by atoms with van der Waals surface area (Å²) in [6.45, 7) is -0.168. The zero-order chi connectivity index (χ0) is 12.3. The van der Waals surface area contributed by atoms with Gasteiger partial charge >= 0.3 is 0 Å². The van der Waals surface area contributed by atoms with Gasteiger partial charge in [0, 0.05) is 4.91 Å². The Bertz CT molecular complexity index is 561. The lowest BCUT2D eigenvalue weighted by Gasteiger charge is -2.16. The molecule has 0 saturated carbocycles. The van der Waals surface area contributed by atoms with Crippen LogP contribution in [0.5, 0.6) is 0 Å². The molecule has 17 heavy (non-hydrogen) atoms. The van der Waals surface area contributed by atoms with Crippen LogP contribution in [0.4, 0.5) is 0 Å². The molecule has 7 nitrogen and oxygen atoms in total. The number of hydrogen-bond donors (Lipinski definition) is 3. The van der Waals surface area contributed by atoms with Crippen LogP contribution in [0.15, 0.2) is 29.6 Å². The minimum atomic E-state index is -1.12. The molecule has 0 fully saturated rings. The summed E-state index contributed by atoms with van der Waals surface area (Å²) in [6.07, 6.45) is -0.656. The molecule has 1 aromatic carbocycles. The molecular formula is C10H11N5O2. The van der Waals surface area contributed by atoms with Crippen molar-refractivity contribution in [1.29, 1.82) is 0 Å². The van der Waals surface area contributed by atoms with Gasteiger partial charge in [-0.1, -0.05) is 11.2 Å². The minimum absolute atomic E-state index is 0.168. The molecular weight excluding hydrogens is 222 g/mol. The van der Waals surface area contributed by atoms with E-state index in [0.29, 0.717) is 5.56 Å². The summed E-state index contributed by atoms with van der Waals surface area (Å²) in [5.74, 6) is 0. The molecule has 2 aromatic rings. The summed E-state index contributed by atoms with van der Waals surface area (Å²) in [5.41, 5.74) is 10.2. The number of benzene rings is 1. The predicted molar refractivity (Wildman–Crippen MR) is 61.1 cm³/mol. The second kappa shape index (κ2) is 4.84. The topological polar surface area (TPSA) is 118 Å². The molecule has 88 valence electrons.